The summed E-state index contributed by atoms with van der Waals surface area (Å²) in [5, 5.41) is 0. The van der Waals surface area contributed by atoms with Crippen molar-refractivity contribution in [3.05, 3.63) is 65.7 Å². The van der Waals surface area contributed by atoms with E-state index >= 15 is 0 Å². The van der Waals surface area contributed by atoms with Gasteiger partial charge in [0.15, 0.2) is 0 Å². The van der Waals surface area contributed by atoms with E-state index in [0.717, 1.165) is 11.1 Å². The normalized spacial score (nSPS) is 11.4. The number of anilines is 1. The fourth-order valence-corrected chi connectivity index (χ4v) is 1.58. The number of rotatable bonds is 3. The molecule has 3 nitrogen and oxygen atoms in total. The van der Waals surface area contributed by atoms with Crippen LogP contribution in [0.25, 0.3) is 0 Å². The second kappa shape index (κ2) is 5.16. The SMILES string of the molecule is NC(=NCc1ccccc1)c1ccccc1N. The maximum atomic E-state index is 5.91. The Hall–Kier alpha value is -2.29. The minimum atomic E-state index is 0.479. The van der Waals surface area contributed by atoms with Crippen LogP contribution >= 0.6 is 0 Å². The second-order valence-electron chi connectivity index (χ2n) is 3.77. The van der Waals surface area contributed by atoms with Crippen molar-refractivity contribution in [3.63, 3.8) is 0 Å². The highest BCUT2D eigenvalue weighted by Crippen LogP contribution is 2.10. The molecule has 0 aliphatic heterocycles. The van der Waals surface area contributed by atoms with Crippen molar-refractivity contribution >= 4 is 11.5 Å². The van der Waals surface area contributed by atoms with Crippen LogP contribution in [-0.4, -0.2) is 5.84 Å². The summed E-state index contributed by atoms with van der Waals surface area (Å²) < 4.78 is 0. The number of nitrogens with two attached hydrogens (primary N) is 2. The molecule has 0 fully saturated rings. The van der Waals surface area contributed by atoms with Crippen molar-refractivity contribution in [1.82, 2.24) is 0 Å². The quantitative estimate of drug-likeness (QED) is 0.477. The molecule has 2 rings (SSSR count). The van der Waals surface area contributed by atoms with E-state index in [0.29, 0.717) is 18.1 Å². The van der Waals surface area contributed by atoms with E-state index in [1.54, 1.807) is 0 Å². The minimum absolute atomic E-state index is 0.479. The van der Waals surface area contributed by atoms with Gasteiger partial charge in [-0.25, -0.2) is 0 Å². The van der Waals surface area contributed by atoms with Crippen molar-refractivity contribution in [1.29, 1.82) is 0 Å². The van der Waals surface area contributed by atoms with E-state index < -0.39 is 0 Å². The highest BCUT2D eigenvalue weighted by molar-refractivity contribution is 6.01. The molecule has 3 heteroatoms. The van der Waals surface area contributed by atoms with Gasteiger partial charge in [0.1, 0.15) is 5.84 Å². The molecular weight excluding hydrogens is 210 g/mol. The maximum absolute atomic E-state index is 5.91. The predicted octanol–water partition coefficient (Wildman–Crippen LogP) is 2.17. The van der Waals surface area contributed by atoms with E-state index in [1.165, 1.54) is 0 Å². The molecule has 0 aromatic heterocycles. The molecule has 0 unspecified atom stereocenters. The Balaban J connectivity index is 2.16. The second-order valence-corrected chi connectivity index (χ2v) is 3.77. The van der Waals surface area contributed by atoms with Gasteiger partial charge in [0.25, 0.3) is 0 Å². The van der Waals surface area contributed by atoms with E-state index in [9.17, 15) is 0 Å². The van der Waals surface area contributed by atoms with Crippen LogP contribution in [0, 0.1) is 0 Å². The van der Waals surface area contributed by atoms with Gasteiger partial charge in [0, 0.05) is 11.3 Å². The van der Waals surface area contributed by atoms with Crippen LogP contribution in [-0.2, 0) is 6.54 Å². The largest absolute Gasteiger partial charge is 0.398 e. The number of para-hydroxylation sites is 1. The van der Waals surface area contributed by atoms with Crippen LogP contribution in [0.4, 0.5) is 5.69 Å². The lowest BCUT2D eigenvalue weighted by Gasteiger charge is -2.04. The lowest BCUT2D eigenvalue weighted by molar-refractivity contribution is 1.06. The third kappa shape index (κ3) is 2.84. The molecule has 2 aromatic rings. The highest BCUT2D eigenvalue weighted by Gasteiger charge is 2.01. The van der Waals surface area contributed by atoms with Crippen molar-refractivity contribution in [2.24, 2.45) is 10.7 Å². The Morgan fingerprint density at radius 1 is 0.941 bits per heavy atom. The first-order chi connectivity index (χ1) is 8.27. The molecule has 0 atom stereocenters. The predicted molar refractivity (Wildman–Crippen MR) is 71.7 cm³/mol. The average Bonchev–Trinajstić information content (AvgIpc) is 2.38. The zero-order valence-electron chi connectivity index (χ0n) is 9.51. The molecule has 17 heavy (non-hydrogen) atoms. The number of hydrogen-bond donors (Lipinski definition) is 2. The van der Waals surface area contributed by atoms with E-state index in [1.807, 2.05) is 54.6 Å². The molecule has 2 aromatic carbocycles. The summed E-state index contributed by atoms with van der Waals surface area (Å²) in [6.07, 6.45) is 0. The first-order valence-corrected chi connectivity index (χ1v) is 5.46. The lowest BCUT2D eigenvalue weighted by Crippen LogP contribution is -2.15. The molecule has 0 bridgehead atoms. The van der Waals surface area contributed by atoms with Crippen LogP contribution in [0.2, 0.25) is 0 Å². The molecule has 0 saturated carbocycles. The first-order valence-electron chi connectivity index (χ1n) is 5.46. The van der Waals surface area contributed by atoms with Gasteiger partial charge in [-0.3, -0.25) is 4.99 Å². The number of benzene rings is 2. The zero-order chi connectivity index (χ0) is 12.1. The molecule has 0 amide bonds. The summed E-state index contributed by atoms with van der Waals surface area (Å²) >= 11 is 0. The molecule has 0 saturated heterocycles. The summed E-state index contributed by atoms with van der Waals surface area (Å²) in [5.41, 5.74) is 14.3. The van der Waals surface area contributed by atoms with Gasteiger partial charge >= 0.3 is 0 Å². The van der Waals surface area contributed by atoms with Crippen molar-refractivity contribution in [3.8, 4) is 0 Å². The molecule has 0 aliphatic carbocycles. The Bertz CT molecular complexity index is 518. The van der Waals surface area contributed by atoms with Crippen LogP contribution in [0.1, 0.15) is 11.1 Å². The number of amidine groups is 1. The summed E-state index contributed by atoms with van der Waals surface area (Å²) in [6, 6.07) is 17.5. The third-order valence-electron chi connectivity index (χ3n) is 2.51. The Morgan fingerprint density at radius 3 is 2.29 bits per heavy atom. The maximum Gasteiger partial charge on any atom is 0.128 e. The summed E-state index contributed by atoms with van der Waals surface area (Å²) in [6.45, 7) is 0.570. The summed E-state index contributed by atoms with van der Waals surface area (Å²) in [5.74, 6) is 0.479. The number of nitrogen functional groups attached to an aromatic ring is 1. The minimum Gasteiger partial charge on any atom is -0.398 e. The van der Waals surface area contributed by atoms with Gasteiger partial charge in [-0.15, -0.1) is 0 Å². The van der Waals surface area contributed by atoms with Gasteiger partial charge in [0.05, 0.1) is 6.54 Å². The van der Waals surface area contributed by atoms with Crippen molar-refractivity contribution in [2.45, 2.75) is 6.54 Å². The van der Waals surface area contributed by atoms with Gasteiger partial charge < -0.3 is 11.5 Å². The van der Waals surface area contributed by atoms with Gasteiger partial charge in [-0.2, -0.15) is 0 Å². The topological polar surface area (TPSA) is 64.4 Å². The van der Waals surface area contributed by atoms with Crippen LogP contribution in [0.5, 0.6) is 0 Å². The van der Waals surface area contributed by atoms with Gasteiger partial charge in [-0.05, 0) is 17.7 Å². The Labute approximate surface area is 101 Å². The molecule has 0 spiro atoms. The lowest BCUT2D eigenvalue weighted by atomic mass is 10.1. The van der Waals surface area contributed by atoms with Crippen LogP contribution in [0.3, 0.4) is 0 Å². The number of nitrogens with zero attached hydrogens (tertiary/aromatic N) is 1. The standard InChI is InChI=1S/C14H15N3/c15-13-9-5-4-8-12(13)14(16)17-10-11-6-2-1-3-7-11/h1-9H,10,15H2,(H2,16,17). The molecule has 4 N–H and O–H groups in total. The third-order valence-corrected chi connectivity index (χ3v) is 2.51. The summed E-state index contributed by atoms with van der Waals surface area (Å²) in [4.78, 5) is 4.34. The van der Waals surface area contributed by atoms with Crippen LogP contribution < -0.4 is 11.5 Å². The van der Waals surface area contributed by atoms with E-state index in [4.69, 9.17) is 11.5 Å². The van der Waals surface area contributed by atoms with E-state index in [2.05, 4.69) is 4.99 Å². The zero-order valence-corrected chi connectivity index (χ0v) is 9.51. The highest BCUT2D eigenvalue weighted by atomic mass is 14.9. The van der Waals surface area contributed by atoms with Gasteiger partial charge in [0.2, 0.25) is 0 Å². The Kier molecular flexibility index (Phi) is 3.40. The summed E-state index contributed by atoms with van der Waals surface area (Å²) in [7, 11) is 0. The molecule has 0 heterocycles. The molecule has 86 valence electrons. The Morgan fingerprint density at radius 2 is 1.59 bits per heavy atom. The van der Waals surface area contributed by atoms with Crippen molar-refractivity contribution in [2.75, 3.05) is 5.73 Å². The number of aliphatic imine (C=N–C) groups is 1. The first kappa shape index (κ1) is 11.2. The smallest absolute Gasteiger partial charge is 0.128 e. The molecule has 0 radical (unpaired) electrons. The average molecular weight is 225 g/mol. The van der Waals surface area contributed by atoms with Crippen LogP contribution in [0.15, 0.2) is 59.6 Å². The van der Waals surface area contributed by atoms with Gasteiger partial charge in [-0.1, -0.05) is 42.5 Å². The monoisotopic (exact) mass is 225 g/mol. The fraction of sp³-hybridized carbons (Fsp3) is 0.0714. The van der Waals surface area contributed by atoms with E-state index in [-0.39, 0.29) is 0 Å². The van der Waals surface area contributed by atoms with Crippen molar-refractivity contribution < 1.29 is 0 Å². The molecule has 0 aliphatic rings. The molecular formula is C14H15N3. The fourth-order valence-electron chi connectivity index (χ4n) is 1.58. The number of hydrogen-bond acceptors (Lipinski definition) is 2.